The van der Waals surface area contributed by atoms with E-state index < -0.39 is 0 Å². The van der Waals surface area contributed by atoms with Crippen LogP contribution in [0, 0.1) is 0 Å². The molecule has 3 rings (SSSR count). The van der Waals surface area contributed by atoms with Gasteiger partial charge in [0.25, 0.3) is 0 Å². The molecule has 8 heteroatoms. The Morgan fingerprint density at radius 3 is 3.18 bits per heavy atom. The number of aromatic amines is 1. The molecular weight excluding hydrogens is 238 g/mol. The summed E-state index contributed by atoms with van der Waals surface area (Å²) < 4.78 is 0. The second-order valence-electron chi connectivity index (χ2n) is 3.40. The molecule has 0 fully saturated rings. The molecule has 3 aromatic heterocycles. The van der Waals surface area contributed by atoms with E-state index in [2.05, 4.69) is 30.5 Å². The summed E-state index contributed by atoms with van der Waals surface area (Å²) in [7, 11) is 0. The van der Waals surface area contributed by atoms with Gasteiger partial charge < -0.3 is 11.1 Å². The first kappa shape index (κ1) is 9.97. The van der Waals surface area contributed by atoms with Gasteiger partial charge in [0, 0.05) is 5.38 Å². The van der Waals surface area contributed by atoms with Crippen LogP contribution in [0.15, 0.2) is 17.1 Å². The molecule has 0 atom stereocenters. The largest absolute Gasteiger partial charge is 0.368 e. The van der Waals surface area contributed by atoms with Crippen molar-refractivity contribution < 1.29 is 0 Å². The summed E-state index contributed by atoms with van der Waals surface area (Å²) in [6, 6.07) is 0. The Bertz CT molecular complexity index is 630. The van der Waals surface area contributed by atoms with Crippen LogP contribution in [0.5, 0.6) is 0 Å². The number of nitrogens with two attached hydrogens (primary N) is 1. The number of anilines is 2. The standard InChI is InChI=1S/C9H9N7S/c10-9-14-7(6-2-13-16-8(6)15-9)11-1-5-3-17-4-12-5/h2-4H,1H2,(H4,10,11,13,14,15,16). The third-order valence-corrected chi connectivity index (χ3v) is 2.88. The van der Waals surface area contributed by atoms with Gasteiger partial charge in [0.2, 0.25) is 5.95 Å². The fourth-order valence-corrected chi connectivity index (χ4v) is 2.04. The van der Waals surface area contributed by atoms with E-state index in [-0.39, 0.29) is 5.95 Å². The molecule has 0 bridgehead atoms. The molecule has 0 saturated carbocycles. The Kier molecular flexibility index (Phi) is 2.33. The van der Waals surface area contributed by atoms with Gasteiger partial charge in [0.1, 0.15) is 5.82 Å². The highest BCUT2D eigenvalue weighted by Crippen LogP contribution is 2.19. The van der Waals surface area contributed by atoms with Crippen molar-refractivity contribution in [3.05, 3.63) is 22.8 Å². The third kappa shape index (κ3) is 1.89. The summed E-state index contributed by atoms with van der Waals surface area (Å²) in [6.45, 7) is 0.597. The topological polar surface area (TPSA) is 105 Å². The van der Waals surface area contributed by atoms with Gasteiger partial charge in [0.05, 0.1) is 29.3 Å². The predicted molar refractivity (Wildman–Crippen MR) is 65.5 cm³/mol. The first-order valence-electron chi connectivity index (χ1n) is 4.90. The van der Waals surface area contributed by atoms with E-state index in [1.165, 1.54) is 0 Å². The number of nitrogens with zero attached hydrogens (tertiary/aromatic N) is 4. The Hall–Kier alpha value is -2.22. The molecule has 0 aliphatic heterocycles. The summed E-state index contributed by atoms with van der Waals surface area (Å²) in [5.41, 5.74) is 8.99. The van der Waals surface area contributed by atoms with Crippen LogP contribution in [0.1, 0.15) is 5.69 Å². The molecule has 17 heavy (non-hydrogen) atoms. The molecule has 4 N–H and O–H groups in total. The van der Waals surface area contributed by atoms with E-state index in [4.69, 9.17) is 5.73 Å². The number of aromatic nitrogens is 5. The van der Waals surface area contributed by atoms with Gasteiger partial charge in [-0.05, 0) is 0 Å². The van der Waals surface area contributed by atoms with E-state index in [9.17, 15) is 0 Å². The second kappa shape index (κ2) is 3.98. The van der Waals surface area contributed by atoms with Gasteiger partial charge in [-0.2, -0.15) is 15.1 Å². The molecule has 0 saturated heterocycles. The lowest BCUT2D eigenvalue weighted by atomic mass is 10.4. The maximum atomic E-state index is 5.61. The van der Waals surface area contributed by atoms with Gasteiger partial charge in [-0.15, -0.1) is 11.3 Å². The highest BCUT2D eigenvalue weighted by Gasteiger charge is 2.07. The molecule has 7 nitrogen and oxygen atoms in total. The van der Waals surface area contributed by atoms with Crippen LogP contribution in [-0.2, 0) is 6.54 Å². The van der Waals surface area contributed by atoms with Gasteiger partial charge >= 0.3 is 0 Å². The van der Waals surface area contributed by atoms with Crippen LogP contribution in [0.25, 0.3) is 11.0 Å². The Morgan fingerprint density at radius 2 is 2.35 bits per heavy atom. The lowest BCUT2D eigenvalue weighted by Crippen LogP contribution is -2.05. The first-order chi connectivity index (χ1) is 8.33. The van der Waals surface area contributed by atoms with Crippen molar-refractivity contribution >= 4 is 34.1 Å². The number of hydrogen-bond donors (Lipinski definition) is 3. The van der Waals surface area contributed by atoms with Crippen molar-refractivity contribution in [3.8, 4) is 0 Å². The molecule has 3 aromatic rings. The van der Waals surface area contributed by atoms with Crippen molar-refractivity contribution in [2.75, 3.05) is 11.1 Å². The van der Waals surface area contributed by atoms with E-state index >= 15 is 0 Å². The predicted octanol–water partition coefficient (Wildman–Crippen LogP) is 1.00. The minimum Gasteiger partial charge on any atom is -0.368 e. The summed E-state index contributed by atoms with van der Waals surface area (Å²) in [6.07, 6.45) is 1.66. The highest BCUT2D eigenvalue weighted by molar-refractivity contribution is 7.07. The fraction of sp³-hybridized carbons (Fsp3) is 0.111. The number of nitrogen functional groups attached to an aromatic ring is 1. The number of nitrogens with one attached hydrogen (secondary N) is 2. The number of H-pyrrole nitrogens is 1. The molecule has 0 aliphatic rings. The summed E-state index contributed by atoms with van der Waals surface area (Å²) in [4.78, 5) is 12.4. The van der Waals surface area contributed by atoms with Gasteiger partial charge in [-0.1, -0.05) is 0 Å². The molecule has 0 amide bonds. The summed E-state index contributed by atoms with van der Waals surface area (Å²) in [5.74, 6) is 0.872. The second-order valence-corrected chi connectivity index (χ2v) is 4.11. The molecule has 0 spiro atoms. The molecule has 3 heterocycles. The van der Waals surface area contributed by atoms with Crippen LogP contribution in [0.4, 0.5) is 11.8 Å². The van der Waals surface area contributed by atoms with Crippen LogP contribution in [0.3, 0.4) is 0 Å². The normalized spacial score (nSPS) is 10.8. The molecular formula is C9H9N7S. The van der Waals surface area contributed by atoms with Crippen LogP contribution < -0.4 is 11.1 Å². The molecule has 86 valence electrons. The van der Waals surface area contributed by atoms with E-state index in [0.717, 1.165) is 11.1 Å². The number of fused-ring (bicyclic) bond motifs is 1. The monoisotopic (exact) mass is 247 g/mol. The Morgan fingerprint density at radius 1 is 1.41 bits per heavy atom. The smallest absolute Gasteiger partial charge is 0.224 e. The average molecular weight is 247 g/mol. The minimum absolute atomic E-state index is 0.211. The lowest BCUT2D eigenvalue weighted by Gasteiger charge is -2.04. The maximum absolute atomic E-state index is 5.61. The minimum atomic E-state index is 0.211. The molecule has 0 aliphatic carbocycles. The van der Waals surface area contributed by atoms with Crippen LogP contribution in [0.2, 0.25) is 0 Å². The maximum Gasteiger partial charge on any atom is 0.224 e. The van der Waals surface area contributed by atoms with Crippen molar-refractivity contribution in [2.24, 2.45) is 0 Å². The van der Waals surface area contributed by atoms with E-state index in [1.54, 1.807) is 23.0 Å². The zero-order valence-electron chi connectivity index (χ0n) is 8.71. The molecule has 0 aromatic carbocycles. The van der Waals surface area contributed by atoms with E-state index in [0.29, 0.717) is 18.0 Å². The van der Waals surface area contributed by atoms with Gasteiger partial charge in [0.15, 0.2) is 5.65 Å². The van der Waals surface area contributed by atoms with Crippen molar-refractivity contribution in [3.63, 3.8) is 0 Å². The number of rotatable bonds is 3. The Balaban J connectivity index is 1.91. The molecule has 0 unspecified atom stereocenters. The van der Waals surface area contributed by atoms with Gasteiger partial charge in [-0.25, -0.2) is 4.98 Å². The fourth-order valence-electron chi connectivity index (χ4n) is 1.49. The Labute approximate surface area is 100 Å². The zero-order chi connectivity index (χ0) is 11.7. The van der Waals surface area contributed by atoms with Crippen molar-refractivity contribution in [1.82, 2.24) is 25.1 Å². The highest BCUT2D eigenvalue weighted by atomic mass is 32.1. The first-order valence-corrected chi connectivity index (χ1v) is 5.85. The van der Waals surface area contributed by atoms with Gasteiger partial charge in [-0.3, -0.25) is 5.10 Å². The molecule has 0 radical (unpaired) electrons. The lowest BCUT2D eigenvalue weighted by molar-refractivity contribution is 1.05. The third-order valence-electron chi connectivity index (χ3n) is 2.25. The number of hydrogen-bond acceptors (Lipinski definition) is 7. The quantitative estimate of drug-likeness (QED) is 0.637. The van der Waals surface area contributed by atoms with E-state index in [1.807, 2.05) is 5.38 Å². The van der Waals surface area contributed by atoms with Crippen LogP contribution >= 0.6 is 11.3 Å². The van der Waals surface area contributed by atoms with Crippen molar-refractivity contribution in [1.29, 1.82) is 0 Å². The summed E-state index contributed by atoms with van der Waals surface area (Å²) in [5, 5.41) is 12.6. The van der Waals surface area contributed by atoms with Crippen molar-refractivity contribution in [2.45, 2.75) is 6.54 Å². The van der Waals surface area contributed by atoms with Crippen LogP contribution in [-0.4, -0.2) is 25.1 Å². The zero-order valence-corrected chi connectivity index (χ0v) is 9.53. The summed E-state index contributed by atoms with van der Waals surface area (Å²) >= 11 is 1.56. The SMILES string of the molecule is Nc1nc(NCc2cscn2)c2cn[nH]c2n1. The number of thiazole rings is 1. The average Bonchev–Trinajstić information content (AvgIpc) is 2.95.